The Hall–Kier alpha value is -3.37. The lowest BCUT2D eigenvalue weighted by molar-refractivity contribution is -0.147. The molecule has 42 heavy (non-hydrogen) atoms. The van der Waals surface area contributed by atoms with Crippen molar-refractivity contribution >= 4 is 23.4 Å². The second kappa shape index (κ2) is 11.0. The molecule has 222 valence electrons. The molecule has 0 radical (unpaired) electrons. The van der Waals surface area contributed by atoms with Gasteiger partial charge in [0, 0.05) is 63.3 Å². The van der Waals surface area contributed by atoms with Crippen molar-refractivity contribution in [1.82, 2.24) is 24.7 Å². The molecule has 2 saturated heterocycles. The van der Waals surface area contributed by atoms with Crippen LogP contribution in [0.3, 0.4) is 0 Å². The molecular weight excluding hydrogens is 532 g/mol. The molecule has 0 bridgehead atoms. The molecule has 1 aromatic heterocycles. The van der Waals surface area contributed by atoms with Gasteiger partial charge in [-0.1, -0.05) is 24.3 Å². The monoisotopic (exact) mass is 572 g/mol. The van der Waals surface area contributed by atoms with E-state index < -0.39 is 6.10 Å². The molecule has 1 spiro atoms. The van der Waals surface area contributed by atoms with Gasteiger partial charge < -0.3 is 20.2 Å². The molecule has 7 rings (SSSR count). The molecule has 10 nitrogen and oxygen atoms in total. The first-order valence-corrected chi connectivity index (χ1v) is 15.6. The average molecular weight is 573 g/mol. The van der Waals surface area contributed by atoms with E-state index in [0.717, 1.165) is 64.5 Å². The number of carbonyl (C=O) groups is 3. The number of fused-ring (bicyclic) bond motifs is 1. The molecule has 2 unspecified atom stereocenters. The first-order chi connectivity index (χ1) is 20.4. The number of ketones is 1. The lowest BCUT2D eigenvalue weighted by Gasteiger charge is -2.52. The van der Waals surface area contributed by atoms with E-state index in [0.29, 0.717) is 37.7 Å². The van der Waals surface area contributed by atoms with Gasteiger partial charge in [0.15, 0.2) is 0 Å². The van der Waals surface area contributed by atoms with Gasteiger partial charge in [0.05, 0.1) is 6.10 Å². The number of β-amino-alcohol motifs (C(OH)–C–C–N with tert-alkyl or cyclic N) is 1. The maximum absolute atomic E-state index is 13.4. The van der Waals surface area contributed by atoms with Crippen molar-refractivity contribution in [1.29, 1.82) is 0 Å². The van der Waals surface area contributed by atoms with Gasteiger partial charge in [0.25, 0.3) is 11.8 Å². The summed E-state index contributed by atoms with van der Waals surface area (Å²) in [7, 11) is 0. The van der Waals surface area contributed by atoms with E-state index >= 15 is 0 Å². The van der Waals surface area contributed by atoms with E-state index in [-0.39, 0.29) is 41.0 Å². The summed E-state index contributed by atoms with van der Waals surface area (Å²) in [5.74, 6) is -0.0395. The standard InChI is InChI=1S/C32H40N6O4/c39-27-19-38(12-8-26(27)37-11-7-21-3-1-2-4-23(21)18-37)30(41)25-15-28(34-20-33-25)35-24-16-32(17-24)9-13-36(14-10-32)31(42)29(40)22-5-6-22/h1-4,15,20,22,24,26-27,39H,5-14,16-19H2,(H,33,34,35). The average Bonchev–Trinajstić information content (AvgIpc) is 3.85. The third-order valence-electron chi connectivity index (χ3n) is 10.3. The third kappa shape index (κ3) is 5.42. The highest BCUT2D eigenvalue weighted by Crippen LogP contribution is 2.50. The Kier molecular flexibility index (Phi) is 7.22. The Labute approximate surface area is 246 Å². The molecule has 2 saturated carbocycles. The number of nitrogens with zero attached hydrogens (tertiary/aromatic N) is 5. The zero-order valence-electron chi connectivity index (χ0n) is 24.1. The lowest BCUT2D eigenvalue weighted by atomic mass is 9.60. The van der Waals surface area contributed by atoms with Crippen LogP contribution in [0.5, 0.6) is 0 Å². The van der Waals surface area contributed by atoms with Gasteiger partial charge in [-0.15, -0.1) is 0 Å². The Bertz CT molecular complexity index is 1360. The summed E-state index contributed by atoms with van der Waals surface area (Å²) in [6.45, 7) is 3.96. The van der Waals surface area contributed by atoms with Gasteiger partial charge in [-0.05, 0) is 67.9 Å². The van der Waals surface area contributed by atoms with Crippen molar-refractivity contribution in [2.45, 2.75) is 76.1 Å². The number of likely N-dealkylation sites (tertiary alicyclic amines) is 2. The maximum Gasteiger partial charge on any atom is 0.290 e. The van der Waals surface area contributed by atoms with Crippen LogP contribution >= 0.6 is 0 Å². The summed E-state index contributed by atoms with van der Waals surface area (Å²) in [6, 6.07) is 10.5. The Balaban J connectivity index is 0.895. The zero-order chi connectivity index (χ0) is 28.8. The molecule has 5 aliphatic rings. The Morgan fingerprint density at radius 2 is 1.69 bits per heavy atom. The fourth-order valence-electron chi connectivity index (χ4n) is 7.61. The number of hydrogen-bond acceptors (Lipinski definition) is 8. The van der Waals surface area contributed by atoms with Crippen LogP contribution in [0.15, 0.2) is 36.7 Å². The molecule has 2 aromatic rings. The molecule has 3 aliphatic heterocycles. The van der Waals surface area contributed by atoms with Crippen LogP contribution < -0.4 is 5.32 Å². The van der Waals surface area contributed by atoms with E-state index in [1.54, 1.807) is 15.9 Å². The minimum atomic E-state index is -0.605. The summed E-state index contributed by atoms with van der Waals surface area (Å²) in [5, 5.41) is 14.5. The molecule has 2 N–H and O–H groups in total. The molecule has 1 aromatic carbocycles. The van der Waals surface area contributed by atoms with Crippen LogP contribution in [0, 0.1) is 11.3 Å². The predicted octanol–water partition coefficient (Wildman–Crippen LogP) is 2.27. The lowest BCUT2D eigenvalue weighted by Crippen LogP contribution is -2.56. The SMILES string of the molecule is O=C(C(=O)N1CCC2(CC1)CC(Nc1cc(C(=O)N3CCC(N4CCc5ccccc5C4)C(O)C3)ncn1)C2)C1CC1. The summed E-state index contributed by atoms with van der Waals surface area (Å²) < 4.78 is 0. The number of piperidine rings is 2. The molecule has 4 heterocycles. The van der Waals surface area contributed by atoms with Crippen LogP contribution in [-0.4, -0.2) is 98.3 Å². The molecular formula is C32H40N6O4. The fourth-order valence-corrected chi connectivity index (χ4v) is 7.61. The first kappa shape index (κ1) is 27.5. The van der Waals surface area contributed by atoms with Crippen LogP contribution in [-0.2, 0) is 22.6 Å². The Morgan fingerprint density at radius 3 is 2.43 bits per heavy atom. The topological polar surface area (TPSA) is 119 Å². The molecule has 10 heteroatoms. The Morgan fingerprint density at radius 1 is 0.929 bits per heavy atom. The van der Waals surface area contributed by atoms with Gasteiger partial charge in [-0.25, -0.2) is 9.97 Å². The van der Waals surface area contributed by atoms with Crippen LogP contribution in [0.25, 0.3) is 0 Å². The smallest absolute Gasteiger partial charge is 0.290 e. The minimum Gasteiger partial charge on any atom is -0.390 e. The predicted molar refractivity (Wildman–Crippen MR) is 156 cm³/mol. The van der Waals surface area contributed by atoms with E-state index in [2.05, 4.69) is 44.5 Å². The van der Waals surface area contributed by atoms with Crippen LogP contribution in [0.4, 0.5) is 5.82 Å². The number of benzene rings is 1. The highest BCUT2D eigenvalue weighted by atomic mass is 16.3. The minimum absolute atomic E-state index is 0.0227. The highest BCUT2D eigenvalue weighted by molar-refractivity contribution is 6.37. The quantitative estimate of drug-likeness (QED) is 0.506. The summed E-state index contributed by atoms with van der Waals surface area (Å²) in [4.78, 5) is 52.4. The van der Waals surface area contributed by atoms with Crippen molar-refractivity contribution in [2.75, 3.05) is 38.0 Å². The summed E-state index contributed by atoms with van der Waals surface area (Å²) in [5.41, 5.74) is 3.26. The van der Waals surface area contributed by atoms with Crippen LogP contribution in [0.1, 0.15) is 66.6 Å². The third-order valence-corrected chi connectivity index (χ3v) is 10.3. The van der Waals surface area contributed by atoms with Gasteiger partial charge in [-0.2, -0.15) is 0 Å². The van der Waals surface area contributed by atoms with Gasteiger partial charge in [0.2, 0.25) is 5.78 Å². The zero-order valence-corrected chi connectivity index (χ0v) is 24.1. The largest absolute Gasteiger partial charge is 0.390 e. The van der Waals surface area contributed by atoms with Crippen molar-refractivity contribution in [2.24, 2.45) is 11.3 Å². The summed E-state index contributed by atoms with van der Waals surface area (Å²) in [6.07, 6.45) is 8.08. The van der Waals surface area contributed by atoms with E-state index in [1.165, 1.54) is 17.5 Å². The van der Waals surface area contributed by atoms with Gasteiger partial charge in [-0.3, -0.25) is 19.3 Å². The number of hydrogen-bond donors (Lipinski definition) is 2. The number of amides is 2. The maximum atomic E-state index is 13.4. The van der Waals surface area contributed by atoms with Gasteiger partial charge >= 0.3 is 0 Å². The molecule has 4 fully saturated rings. The fraction of sp³-hybridized carbons (Fsp3) is 0.594. The normalized spacial score (nSPS) is 25.9. The number of Topliss-reactive ketones (excluding diaryl/α,β-unsaturated/α-hetero) is 1. The molecule has 2 atom stereocenters. The van der Waals surface area contributed by atoms with E-state index in [9.17, 15) is 19.5 Å². The number of anilines is 1. The second-order valence-electron chi connectivity index (χ2n) is 13.1. The molecule has 2 amide bonds. The molecule has 2 aliphatic carbocycles. The van der Waals surface area contributed by atoms with E-state index in [1.807, 2.05) is 0 Å². The first-order valence-electron chi connectivity index (χ1n) is 15.6. The van der Waals surface area contributed by atoms with Crippen molar-refractivity contribution in [3.8, 4) is 0 Å². The number of aliphatic hydroxyl groups excluding tert-OH is 1. The number of carbonyl (C=O) groups excluding carboxylic acids is 3. The number of aromatic nitrogens is 2. The number of nitrogens with one attached hydrogen (secondary N) is 1. The summed E-state index contributed by atoms with van der Waals surface area (Å²) >= 11 is 0. The number of rotatable bonds is 6. The van der Waals surface area contributed by atoms with Crippen molar-refractivity contribution in [3.05, 3.63) is 53.5 Å². The number of aliphatic hydroxyl groups is 1. The highest BCUT2D eigenvalue weighted by Gasteiger charge is 2.47. The second-order valence-corrected chi connectivity index (χ2v) is 13.1. The van der Waals surface area contributed by atoms with Crippen molar-refractivity contribution < 1.29 is 19.5 Å². The van der Waals surface area contributed by atoms with E-state index in [4.69, 9.17) is 0 Å². The van der Waals surface area contributed by atoms with Gasteiger partial charge in [0.1, 0.15) is 17.8 Å². The van der Waals surface area contributed by atoms with Crippen LogP contribution in [0.2, 0.25) is 0 Å². The van der Waals surface area contributed by atoms with Crippen molar-refractivity contribution in [3.63, 3.8) is 0 Å².